The van der Waals surface area contributed by atoms with Gasteiger partial charge < -0.3 is 43.9 Å². The molecule has 0 aliphatic rings. The molecule has 37 heteroatoms. The zero-order valence-corrected chi connectivity index (χ0v) is 51.2. The van der Waals surface area contributed by atoms with Gasteiger partial charge in [0.05, 0.1) is 33.9 Å². The number of amides is 6. The van der Waals surface area contributed by atoms with E-state index in [0.29, 0.717) is 24.3 Å². The van der Waals surface area contributed by atoms with Gasteiger partial charge in [-0.05, 0) is 72.8 Å². The number of carbonyl (C=O) groups excluding carboxylic acids is 5. The molecule has 0 radical (unpaired) electrons. The van der Waals surface area contributed by atoms with Gasteiger partial charge in [-0.25, -0.2) is 4.79 Å². The molecule has 86 heavy (non-hydrogen) atoms. The molecule has 444 valence electrons. The predicted octanol–water partition coefficient (Wildman–Crippen LogP) is 2.58. The van der Waals surface area contributed by atoms with Crippen molar-refractivity contribution in [1.29, 1.82) is 0 Å². The maximum Gasteiger partial charge on any atom is 1.00 e. The van der Waals surface area contributed by atoms with E-state index in [4.69, 9.17) is 0 Å². The van der Waals surface area contributed by atoms with Crippen LogP contribution < -0.4 is 91.0 Å². The average Bonchev–Trinajstić information content (AvgIpc) is 1.97. The number of rotatable bonds is 14. The van der Waals surface area contributed by atoms with Gasteiger partial charge in [0, 0.05) is 70.5 Å². The summed E-state index contributed by atoms with van der Waals surface area (Å²) in [5.41, 5.74) is -8.55. The van der Waals surface area contributed by atoms with Gasteiger partial charge in [0.1, 0.15) is 31.0 Å². The van der Waals surface area contributed by atoms with Crippen molar-refractivity contribution >= 4 is 126 Å². The third-order valence-corrected chi connectivity index (χ3v) is 15.8. The Morgan fingerprint density at radius 2 is 0.767 bits per heavy atom. The minimum absolute atomic E-state index is 0. The Hall–Kier alpha value is -7.23. The fourth-order valence-corrected chi connectivity index (χ4v) is 11.7. The van der Waals surface area contributed by atoms with Gasteiger partial charge in [-0.1, -0.05) is 36.4 Å². The van der Waals surface area contributed by atoms with Gasteiger partial charge in [0.25, 0.3) is 64.1 Å². The Morgan fingerprint density at radius 1 is 0.419 bits per heavy atom. The summed E-state index contributed by atoms with van der Waals surface area (Å²) in [5.74, 6) is -4.82. The molecule has 25 nitrogen and oxygen atoms in total. The summed E-state index contributed by atoms with van der Waals surface area (Å²) in [6, 6.07) is 13.3. The minimum atomic E-state index is -5.24. The fraction of sp³-hybridized carbons (Fsp3) is 0.0816. The zero-order chi connectivity index (χ0) is 62.0. The number of alkyl halides is 6. The Morgan fingerprint density at radius 3 is 1.08 bits per heavy atom. The molecule has 8 aromatic rings. The van der Waals surface area contributed by atoms with Crippen LogP contribution in [0.1, 0.15) is 55.7 Å². The van der Waals surface area contributed by atoms with E-state index >= 15 is 0 Å². The number of urea groups is 1. The van der Waals surface area contributed by atoms with Crippen LogP contribution in [-0.4, -0.2) is 90.7 Å². The van der Waals surface area contributed by atoms with Gasteiger partial charge in [0.15, 0.2) is 0 Å². The molecule has 10 N–H and O–H groups in total. The number of hydrogen-bond donors (Lipinski definition) is 10. The van der Waals surface area contributed by atoms with E-state index in [9.17, 15) is 102 Å². The molecule has 0 fully saturated rings. The molecular weight excluding hydrogens is 1260 g/mol. The fourth-order valence-electron chi connectivity index (χ4n) is 8.58. The molecule has 0 aliphatic heterocycles. The summed E-state index contributed by atoms with van der Waals surface area (Å²) in [6.07, 6.45) is -8.22. The molecule has 0 saturated carbocycles. The van der Waals surface area contributed by atoms with Crippen molar-refractivity contribution < 1.29 is 164 Å². The number of nitrogens with one attached hydrogen (secondary N) is 6. The molecule has 0 bridgehead atoms. The van der Waals surface area contributed by atoms with Crippen LogP contribution in [0, 0.1) is 0 Å². The molecule has 6 aromatic carbocycles. The van der Waals surface area contributed by atoms with Crippen molar-refractivity contribution in [3.05, 3.63) is 155 Å². The van der Waals surface area contributed by atoms with Crippen LogP contribution in [0.5, 0.6) is 0 Å². The maximum atomic E-state index is 14.2. The minimum Gasteiger partial charge on any atom is -1.00 e. The first-order valence-corrected chi connectivity index (χ1v) is 28.7. The van der Waals surface area contributed by atoms with Gasteiger partial charge >= 0.3 is 77.5 Å². The van der Waals surface area contributed by atoms with Crippen LogP contribution in [0.25, 0.3) is 21.5 Å². The van der Waals surface area contributed by atoms with Crippen LogP contribution in [0.2, 0.25) is 0 Å². The summed E-state index contributed by atoms with van der Waals surface area (Å²) >= 11 is 0. The molecular formula is C49H38F6N8Na2O17S4. The van der Waals surface area contributed by atoms with E-state index in [1.54, 1.807) is 0 Å². The second kappa shape index (κ2) is 24.9. The first-order valence-electron chi connectivity index (χ1n) is 22.9. The third-order valence-electron chi connectivity index (χ3n) is 12.1. The summed E-state index contributed by atoms with van der Waals surface area (Å²) in [5, 5.41) is 11.3. The monoisotopic (exact) mass is 1300 g/mol. The normalized spacial score (nSPS) is 12.1. The molecule has 0 unspecified atom stereocenters. The van der Waals surface area contributed by atoms with E-state index in [0.717, 1.165) is 106 Å². The van der Waals surface area contributed by atoms with Crippen LogP contribution in [0.15, 0.2) is 141 Å². The molecule has 0 aliphatic carbocycles. The Labute approximate surface area is 528 Å². The molecule has 6 amide bonds. The molecule has 8 rings (SSSR count). The number of fused-ring (bicyclic) bond motifs is 2. The number of aromatic nitrogens is 2. The Bertz CT molecular complexity index is 4360. The zero-order valence-electron chi connectivity index (χ0n) is 45.9. The van der Waals surface area contributed by atoms with Crippen molar-refractivity contribution in [3.63, 3.8) is 0 Å². The summed E-state index contributed by atoms with van der Waals surface area (Å²) in [6.45, 7) is 0. The maximum absolute atomic E-state index is 14.2. The molecule has 2 aromatic heterocycles. The van der Waals surface area contributed by atoms with Crippen LogP contribution in [-0.2, 0) is 66.9 Å². The molecule has 0 atom stereocenters. The molecule has 0 spiro atoms. The van der Waals surface area contributed by atoms with E-state index in [1.165, 1.54) is 14.1 Å². The van der Waals surface area contributed by atoms with Crippen molar-refractivity contribution in [3.8, 4) is 0 Å². The topological polar surface area (TPSA) is 385 Å². The predicted molar refractivity (Wildman–Crippen MR) is 288 cm³/mol. The van der Waals surface area contributed by atoms with Gasteiger partial charge in [-0.15, -0.1) is 0 Å². The number of aryl methyl sites for hydroxylation is 2. The van der Waals surface area contributed by atoms with Crippen molar-refractivity contribution in [2.75, 3.05) is 31.9 Å². The number of benzene rings is 6. The number of carbonyl (C=O) groups is 5. The Balaban J connectivity index is 0.00000414. The first kappa shape index (κ1) is 67.9. The van der Waals surface area contributed by atoms with E-state index in [-0.39, 0.29) is 95.5 Å². The van der Waals surface area contributed by atoms with Crippen LogP contribution >= 0.6 is 0 Å². The third kappa shape index (κ3) is 15.1. The summed E-state index contributed by atoms with van der Waals surface area (Å²) < 4.78 is 225. The van der Waals surface area contributed by atoms with Crippen LogP contribution in [0.3, 0.4) is 0 Å². The largest absolute Gasteiger partial charge is 1.00 e. The van der Waals surface area contributed by atoms with E-state index in [1.807, 2.05) is 10.6 Å². The summed E-state index contributed by atoms with van der Waals surface area (Å²) in [7, 11) is -17.8. The second-order valence-electron chi connectivity index (χ2n) is 17.9. The van der Waals surface area contributed by atoms with Crippen LogP contribution in [0.4, 0.5) is 65.3 Å². The standard InChI is InChI=1S/C49H36F6N8O17S4.2Na.2H/c1-62-21-29(19-37(62)45(66)60-35-11-9-31-33(41(35)83(75,76)77)5-3-7-39(31)81(69,70)71)56-43(64)23-13-25(48(50,51)52)17-27(15-23)58-47(68)59-28-16-24(14-26(18-28)49(53,54)55)44(65)57-30-20-38(63(2)22-30)46(67)61-36-12-10-32-34(42(36)84(78,79)80)6-4-8-40(32)82(72,73)74;;;;/h3-22H,1-2H3,(H,56,64)(H,57,65)(H,60,66)(H,61,67)(H2,58,59,68)(H,69,70,71)(H,72,73,74)(H,75,76,77)(H,78,79,80);;;;/q;2*+1;2*-1. The molecule has 2 heterocycles. The van der Waals surface area contributed by atoms with Gasteiger partial charge in [0.2, 0.25) is 0 Å². The second-order valence-corrected chi connectivity index (χ2v) is 23.4. The Kier molecular flexibility index (Phi) is 19.6. The van der Waals surface area contributed by atoms with Crippen molar-refractivity contribution in [2.45, 2.75) is 31.9 Å². The smallest absolute Gasteiger partial charge is 1.00 e. The van der Waals surface area contributed by atoms with Crippen molar-refractivity contribution in [1.82, 2.24) is 9.13 Å². The number of anilines is 6. The number of nitrogens with zero attached hydrogens (tertiary/aromatic N) is 2. The summed E-state index contributed by atoms with van der Waals surface area (Å²) in [4.78, 5) is 63.8. The van der Waals surface area contributed by atoms with E-state index < -0.39 is 158 Å². The van der Waals surface area contributed by atoms with Gasteiger partial charge in [-0.2, -0.15) is 60.0 Å². The quantitative estimate of drug-likeness (QED) is 0.0425. The first-order chi connectivity index (χ1) is 38.8. The number of hydrogen-bond acceptors (Lipinski definition) is 13. The average molecular weight is 1300 g/mol. The SMILES string of the molecule is Cn1cc(NC(=O)c2cc(NC(=O)Nc3cc(C(=O)Nc4cc(C(=O)Nc5ccc6c(S(=O)(=O)O)cccc6c5S(=O)(=O)O)n(C)c4)cc(C(F)(F)F)c3)cc(C(F)(F)F)c2)cc1C(=O)Nc1ccc2c(S(=O)(=O)O)cccc2c1S(=O)(=O)O.[H-].[H-].[Na+].[Na+]. The molecule has 0 saturated heterocycles. The number of halogens is 6. The van der Waals surface area contributed by atoms with Gasteiger partial charge in [-0.3, -0.25) is 37.4 Å². The van der Waals surface area contributed by atoms with E-state index in [2.05, 4.69) is 21.3 Å². The van der Waals surface area contributed by atoms with Crippen molar-refractivity contribution in [2.24, 2.45) is 14.1 Å².